The molecule has 1 amide bonds. The summed E-state index contributed by atoms with van der Waals surface area (Å²) < 4.78 is 6.96. The molecule has 0 saturated carbocycles. The predicted octanol–water partition coefficient (Wildman–Crippen LogP) is 6.46. The molecule has 5 aromatic rings. The van der Waals surface area contributed by atoms with Crippen molar-refractivity contribution in [3.8, 4) is 11.4 Å². The van der Waals surface area contributed by atoms with E-state index in [4.69, 9.17) is 9.72 Å². The molecular formula is C34H33N3O3. The highest BCUT2D eigenvalue weighted by atomic mass is 16.5. The van der Waals surface area contributed by atoms with E-state index in [2.05, 4.69) is 12.1 Å². The molecule has 0 aliphatic carbocycles. The highest BCUT2D eigenvalue weighted by Gasteiger charge is 2.28. The number of amides is 1. The maximum Gasteiger partial charge on any atom is 0.266 e. The molecule has 0 bridgehead atoms. The minimum atomic E-state index is -0.503. The minimum Gasteiger partial charge on any atom is -0.497 e. The van der Waals surface area contributed by atoms with Crippen molar-refractivity contribution >= 4 is 16.8 Å². The van der Waals surface area contributed by atoms with E-state index in [1.165, 1.54) is 0 Å². The number of benzene rings is 4. The number of hydrogen-bond donors (Lipinski definition) is 0. The lowest BCUT2D eigenvalue weighted by molar-refractivity contribution is 0.0683. The number of para-hydroxylation sites is 1. The van der Waals surface area contributed by atoms with E-state index in [-0.39, 0.29) is 11.5 Å². The topological polar surface area (TPSA) is 64.4 Å². The molecule has 0 spiro atoms. The molecule has 0 saturated heterocycles. The SMILES string of the molecule is COc1ccc(C(=O)N(CCc2ccccc2)C(C)c2nc3ccccc3c(=O)n2-c2ccc(C)c(C)c2)cc1. The van der Waals surface area contributed by atoms with Gasteiger partial charge in [0.25, 0.3) is 11.5 Å². The normalized spacial score (nSPS) is 11.8. The summed E-state index contributed by atoms with van der Waals surface area (Å²) in [5, 5.41) is 0.536. The van der Waals surface area contributed by atoms with Crippen LogP contribution >= 0.6 is 0 Å². The summed E-state index contributed by atoms with van der Waals surface area (Å²) in [6.07, 6.45) is 0.661. The zero-order valence-corrected chi connectivity index (χ0v) is 23.3. The molecule has 202 valence electrons. The zero-order chi connectivity index (χ0) is 28.2. The van der Waals surface area contributed by atoms with Crippen LogP contribution in [0.25, 0.3) is 16.6 Å². The maximum atomic E-state index is 14.0. The zero-order valence-electron chi connectivity index (χ0n) is 23.3. The number of aryl methyl sites for hydroxylation is 2. The second kappa shape index (κ2) is 11.6. The van der Waals surface area contributed by atoms with Crippen molar-refractivity contribution in [1.29, 1.82) is 0 Å². The quantitative estimate of drug-likeness (QED) is 0.231. The fourth-order valence-corrected chi connectivity index (χ4v) is 4.95. The number of carbonyl (C=O) groups is 1. The Morgan fingerprint density at radius 3 is 2.30 bits per heavy atom. The predicted molar refractivity (Wildman–Crippen MR) is 159 cm³/mol. The van der Waals surface area contributed by atoms with Crippen molar-refractivity contribution in [3.63, 3.8) is 0 Å². The van der Waals surface area contributed by atoms with Crippen LogP contribution in [0.1, 0.15) is 45.8 Å². The number of nitrogens with zero attached hydrogens (tertiary/aromatic N) is 3. The second-order valence-electron chi connectivity index (χ2n) is 10.0. The van der Waals surface area contributed by atoms with Gasteiger partial charge in [-0.1, -0.05) is 48.5 Å². The van der Waals surface area contributed by atoms with E-state index >= 15 is 0 Å². The van der Waals surface area contributed by atoms with Crippen LogP contribution in [-0.2, 0) is 6.42 Å². The Labute approximate surface area is 234 Å². The van der Waals surface area contributed by atoms with Crippen molar-refractivity contribution in [2.45, 2.75) is 33.2 Å². The summed E-state index contributed by atoms with van der Waals surface area (Å²) >= 11 is 0. The molecular weight excluding hydrogens is 498 g/mol. The van der Waals surface area contributed by atoms with Gasteiger partial charge < -0.3 is 9.64 Å². The standard InChI is InChI=1S/C34H33N3O3/c1-23-14-17-28(22-24(23)2)37-32(35-31-13-9-8-12-30(31)34(37)39)25(3)36(21-20-26-10-6-5-7-11-26)33(38)27-15-18-29(40-4)19-16-27/h5-19,22,25H,20-21H2,1-4H3. The summed E-state index contributed by atoms with van der Waals surface area (Å²) in [6.45, 7) is 6.47. The summed E-state index contributed by atoms with van der Waals surface area (Å²) in [4.78, 5) is 34.8. The molecule has 1 atom stereocenters. The van der Waals surface area contributed by atoms with Crippen LogP contribution in [0.15, 0.2) is 102 Å². The van der Waals surface area contributed by atoms with Gasteiger partial charge in [-0.05, 0) is 92.4 Å². The van der Waals surface area contributed by atoms with Crippen LogP contribution in [0.5, 0.6) is 5.75 Å². The number of methoxy groups -OCH3 is 1. The van der Waals surface area contributed by atoms with Gasteiger partial charge in [-0.3, -0.25) is 14.2 Å². The van der Waals surface area contributed by atoms with Gasteiger partial charge in [0.2, 0.25) is 0 Å². The molecule has 0 N–H and O–H groups in total. The number of fused-ring (bicyclic) bond motifs is 1. The molecule has 1 aromatic heterocycles. The molecule has 0 aliphatic rings. The lowest BCUT2D eigenvalue weighted by atomic mass is 10.1. The molecule has 6 heteroatoms. The lowest BCUT2D eigenvalue weighted by Gasteiger charge is -2.31. The molecule has 0 aliphatic heterocycles. The summed E-state index contributed by atoms with van der Waals surface area (Å²) in [5.41, 5.74) is 5.06. The van der Waals surface area contributed by atoms with Crippen molar-refractivity contribution in [2.24, 2.45) is 0 Å². The summed E-state index contributed by atoms with van der Waals surface area (Å²) in [5.74, 6) is 1.06. The summed E-state index contributed by atoms with van der Waals surface area (Å²) in [7, 11) is 1.60. The number of aromatic nitrogens is 2. The average Bonchev–Trinajstić information content (AvgIpc) is 2.99. The van der Waals surface area contributed by atoms with E-state index in [0.29, 0.717) is 41.0 Å². The molecule has 1 heterocycles. The molecule has 1 unspecified atom stereocenters. The smallest absolute Gasteiger partial charge is 0.266 e. The van der Waals surface area contributed by atoms with Crippen LogP contribution in [0.4, 0.5) is 0 Å². The van der Waals surface area contributed by atoms with Gasteiger partial charge in [-0.25, -0.2) is 4.98 Å². The van der Waals surface area contributed by atoms with Crippen molar-refractivity contribution in [1.82, 2.24) is 14.5 Å². The Balaban J connectivity index is 1.65. The Hall–Kier alpha value is -4.71. The van der Waals surface area contributed by atoms with Gasteiger partial charge in [-0.2, -0.15) is 0 Å². The first-order chi connectivity index (χ1) is 19.4. The fraction of sp³-hybridized carbons (Fsp3) is 0.206. The third-order valence-corrected chi connectivity index (χ3v) is 7.47. The molecule has 5 rings (SSSR count). The van der Waals surface area contributed by atoms with E-state index in [1.54, 1.807) is 42.0 Å². The number of carbonyl (C=O) groups excluding carboxylic acids is 1. The number of ether oxygens (including phenoxy) is 1. The highest BCUT2D eigenvalue weighted by molar-refractivity contribution is 5.94. The molecule has 6 nitrogen and oxygen atoms in total. The first-order valence-corrected chi connectivity index (χ1v) is 13.5. The average molecular weight is 532 g/mol. The van der Waals surface area contributed by atoms with Crippen LogP contribution in [0.2, 0.25) is 0 Å². The molecule has 0 fully saturated rings. The van der Waals surface area contributed by atoms with Gasteiger partial charge in [-0.15, -0.1) is 0 Å². The van der Waals surface area contributed by atoms with Gasteiger partial charge in [0.1, 0.15) is 11.6 Å². The largest absolute Gasteiger partial charge is 0.497 e. The number of hydrogen-bond acceptors (Lipinski definition) is 4. The van der Waals surface area contributed by atoms with Gasteiger partial charge >= 0.3 is 0 Å². The summed E-state index contributed by atoms with van der Waals surface area (Å²) in [6, 6.07) is 30.0. The first kappa shape index (κ1) is 26.9. The van der Waals surface area contributed by atoms with E-state index in [1.807, 2.05) is 80.3 Å². The number of rotatable bonds is 8. The molecule has 40 heavy (non-hydrogen) atoms. The Bertz CT molecular complexity index is 1710. The van der Waals surface area contributed by atoms with Crippen LogP contribution in [-0.4, -0.2) is 34.0 Å². The van der Waals surface area contributed by atoms with Crippen molar-refractivity contribution < 1.29 is 9.53 Å². The Morgan fingerprint density at radius 2 is 1.60 bits per heavy atom. The minimum absolute atomic E-state index is 0.139. The Morgan fingerprint density at radius 1 is 0.900 bits per heavy atom. The second-order valence-corrected chi connectivity index (χ2v) is 10.0. The van der Waals surface area contributed by atoms with Gasteiger partial charge in [0, 0.05) is 12.1 Å². The van der Waals surface area contributed by atoms with Crippen LogP contribution in [0, 0.1) is 13.8 Å². The maximum absolute atomic E-state index is 14.0. The van der Waals surface area contributed by atoms with E-state index < -0.39 is 6.04 Å². The highest BCUT2D eigenvalue weighted by Crippen LogP contribution is 2.26. The van der Waals surface area contributed by atoms with Crippen LogP contribution < -0.4 is 10.3 Å². The van der Waals surface area contributed by atoms with Gasteiger partial charge in [0.15, 0.2) is 0 Å². The van der Waals surface area contributed by atoms with Gasteiger partial charge in [0.05, 0.1) is 29.7 Å². The molecule has 4 aromatic carbocycles. The van der Waals surface area contributed by atoms with Crippen LogP contribution in [0.3, 0.4) is 0 Å². The first-order valence-electron chi connectivity index (χ1n) is 13.5. The molecule has 0 radical (unpaired) electrons. The fourth-order valence-electron chi connectivity index (χ4n) is 4.95. The third-order valence-electron chi connectivity index (χ3n) is 7.47. The van der Waals surface area contributed by atoms with Crippen molar-refractivity contribution in [3.05, 3.63) is 135 Å². The lowest BCUT2D eigenvalue weighted by Crippen LogP contribution is -2.38. The van der Waals surface area contributed by atoms with E-state index in [9.17, 15) is 9.59 Å². The monoisotopic (exact) mass is 531 g/mol. The third kappa shape index (κ3) is 5.38. The van der Waals surface area contributed by atoms with Crippen molar-refractivity contribution in [2.75, 3.05) is 13.7 Å². The Kier molecular flexibility index (Phi) is 7.78. The van der Waals surface area contributed by atoms with E-state index in [0.717, 1.165) is 22.4 Å².